The Morgan fingerprint density at radius 2 is 1.47 bits per heavy atom. The second-order valence-electron chi connectivity index (χ2n) is 6.95. The smallest absolute Gasteiger partial charge is 0.233 e. The van der Waals surface area contributed by atoms with Gasteiger partial charge in [0, 0.05) is 29.4 Å². The van der Waals surface area contributed by atoms with E-state index in [2.05, 4.69) is 16.3 Å². The molecule has 3 aromatic carbocycles. The molecule has 4 nitrogen and oxygen atoms in total. The Labute approximate surface area is 181 Å². The Morgan fingerprint density at radius 1 is 0.833 bits per heavy atom. The summed E-state index contributed by atoms with van der Waals surface area (Å²) in [6.07, 6.45) is 0. The van der Waals surface area contributed by atoms with Gasteiger partial charge in [-0.05, 0) is 12.5 Å². The highest BCUT2D eigenvalue weighted by atomic mass is 32.2. The van der Waals surface area contributed by atoms with Crippen molar-refractivity contribution in [3.05, 3.63) is 90.5 Å². The van der Waals surface area contributed by atoms with Crippen LogP contribution in [0.3, 0.4) is 0 Å². The van der Waals surface area contributed by atoms with E-state index in [9.17, 15) is 4.79 Å². The number of fused-ring (bicyclic) bond motifs is 1. The van der Waals surface area contributed by atoms with Crippen LogP contribution in [0.25, 0.3) is 22.0 Å². The Morgan fingerprint density at radius 3 is 2.17 bits per heavy atom. The number of amides is 1. The molecule has 4 rings (SSSR count). The van der Waals surface area contributed by atoms with Crippen LogP contribution in [0, 0.1) is 0 Å². The van der Waals surface area contributed by atoms with Crippen molar-refractivity contribution in [2.45, 2.75) is 18.5 Å². The topological polar surface area (TPSA) is 46.1 Å². The molecule has 30 heavy (non-hydrogen) atoms. The molecule has 0 radical (unpaired) electrons. The van der Waals surface area contributed by atoms with E-state index in [1.165, 1.54) is 11.8 Å². The molecule has 0 aliphatic rings. The van der Waals surface area contributed by atoms with Crippen LogP contribution in [-0.2, 0) is 11.3 Å². The van der Waals surface area contributed by atoms with Crippen LogP contribution in [0.1, 0.15) is 12.5 Å². The number of nitrogens with zero attached hydrogens (tertiary/aromatic N) is 3. The summed E-state index contributed by atoms with van der Waals surface area (Å²) in [5.74, 6) is 0.439. The Kier molecular flexibility index (Phi) is 6.40. The van der Waals surface area contributed by atoms with Gasteiger partial charge in [-0.25, -0.2) is 0 Å². The Hall–Kier alpha value is -3.18. The number of benzene rings is 3. The van der Waals surface area contributed by atoms with Gasteiger partial charge in [0.05, 0.1) is 5.75 Å². The zero-order valence-corrected chi connectivity index (χ0v) is 17.7. The lowest BCUT2D eigenvalue weighted by Crippen LogP contribution is -2.31. The minimum atomic E-state index is 0.101. The molecule has 0 saturated carbocycles. The summed E-state index contributed by atoms with van der Waals surface area (Å²) < 4.78 is 0. The zero-order valence-electron chi connectivity index (χ0n) is 16.9. The molecule has 150 valence electrons. The first-order chi connectivity index (χ1) is 14.8. The summed E-state index contributed by atoms with van der Waals surface area (Å²) in [5.41, 5.74) is 3.03. The third kappa shape index (κ3) is 4.52. The minimum Gasteiger partial charge on any atom is -0.338 e. The molecule has 1 aromatic heterocycles. The molecule has 1 amide bonds. The lowest BCUT2D eigenvalue weighted by Gasteiger charge is -2.21. The van der Waals surface area contributed by atoms with Gasteiger partial charge in [-0.1, -0.05) is 96.7 Å². The fourth-order valence-electron chi connectivity index (χ4n) is 3.40. The molecule has 1 heterocycles. The van der Waals surface area contributed by atoms with Crippen molar-refractivity contribution < 1.29 is 4.79 Å². The second-order valence-corrected chi connectivity index (χ2v) is 7.91. The van der Waals surface area contributed by atoms with Gasteiger partial charge in [-0.3, -0.25) is 4.79 Å². The fraction of sp³-hybridized carbons (Fsp3) is 0.160. The van der Waals surface area contributed by atoms with E-state index >= 15 is 0 Å². The van der Waals surface area contributed by atoms with Gasteiger partial charge >= 0.3 is 0 Å². The van der Waals surface area contributed by atoms with Crippen LogP contribution < -0.4 is 0 Å². The largest absolute Gasteiger partial charge is 0.338 e. The fourth-order valence-corrected chi connectivity index (χ4v) is 4.27. The normalized spacial score (nSPS) is 10.8. The molecule has 0 atom stereocenters. The van der Waals surface area contributed by atoms with Gasteiger partial charge in [-0.2, -0.15) is 0 Å². The van der Waals surface area contributed by atoms with E-state index in [4.69, 9.17) is 0 Å². The van der Waals surface area contributed by atoms with Gasteiger partial charge in [0.25, 0.3) is 0 Å². The summed E-state index contributed by atoms with van der Waals surface area (Å²) in [6, 6.07) is 28.3. The third-order valence-corrected chi connectivity index (χ3v) is 5.95. The van der Waals surface area contributed by atoms with Crippen molar-refractivity contribution >= 4 is 28.4 Å². The summed E-state index contributed by atoms with van der Waals surface area (Å²) in [4.78, 5) is 14.7. The number of carbonyl (C=O) groups is 1. The minimum absolute atomic E-state index is 0.101. The number of hydrogen-bond acceptors (Lipinski definition) is 4. The molecule has 0 aliphatic heterocycles. The van der Waals surface area contributed by atoms with Gasteiger partial charge in [0.15, 0.2) is 0 Å². The van der Waals surface area contributed by atoms with Crippen molar-refractivity contribution in [3.8, 4) is 11.3 Å². The molecule has 0 aliphatic carbocycles. The molecule has 4 aromatic rings. The first kappa shape index (κ1) is 20.1. The van der Waals surface area contributed by atoms with E-state index in [0.29, 0.717) is 18.8 Å². The highest BCUT2D eigenvalue weighted by Gasteiger charge is 2.16. The van der Waals surface area contributed by atoms with E-state index in [1.54, 1.807) is 0 Å². The number of rotatable bonds is 7. The SMILES string of the molecule is CCN(Cc1ccccc1)C(=O)CSc1nnc(-c2ccccc2)c2ccccc12. The summed E-state index contributed by atoms with van der Waals surface area (Å²) in [7, 11) is 0. The van der Waals surface area contributed by atoms with Crippen LogP contribution >= 0.6 is 11.8 Å². The molecule has 0 saturated heterocycles. The van der Waals surface area contributed by atoms with E-state index in [0.717, 1.165) is 32.6 Å². The van der Waals surface area contributed by atoms with Crippen molar-refractivity contribution in [2.24, 2.45) is 0 Å². The first-order valence-electron chi connectivity index (χ1n) is 10.0. The molecule has 0 unspecified atom stereocenters. The summed E-state index contributed by atoms with van der Waals surface area (Å²) in [5, 5.41) is 11.8. The van der Waals surface area contributed by atoms with Gasteiger partial charge < -0.3 is 4.90 Å². The number of aromatic nitrogens is 2. The van der Waals surface area contributed by atoms with Gasteiger partial charge in [0.1, 0.15) is 10.7 Å². The van der Waals surface area contributed by atoms with Gasteiger partial charge in [-0.15, -0.1) is 10.2 Å². The van der Waals surface area contributed by atoms with Crippen LogP contribution in [0.4, 0.5) is 0 Å². The standard InChI is InChI=1S/C25H23N3OS/c1-2-28(17-19-11-5-3-6-12-19)23(29)18-30-25-22-16-10-9-15-21(22)24(26-27-25)20-13-7-4-8-14-20/h3-16H,2,17-18H2,1H3. The maximum Gasteiger partial charge on any atom is 0.233 e. The van der Waals surface area contributed by atoms with Crippen molar-refractivity contribution in [3.63, 3.8) is 0 Å². The maximum absolute atomic E-state index is 12.8. The molecule has 0 bridgehead atoms. The molecule has 0 spiro atoms. The van der Waals surface area contributed by atoms with E-state index in [1.807, 2.05) is 90.7 Å². The van der Waals surface area contributed by atoms with Crippen LogP contribution in [0.15, 0.2) is 90.0 Å². The highest BCUT2D eigenvalue weighted by Crippen LogP contribution is 2.31. The number of hydrogen-bond donors (Lipinski definition) is 0. The number of thioether (sulfide) groups is 1. The zero-order chi connectivity index (χ0) is 20.8. The molecule has 5 heteroatoms. The van der Waals surface area contributed by atoms with Crippen LogP contribution in [-0.4, -0.2) is 33.3 Å². The highest BCUT2D eigenvalue weighted by molar-refractivity contribution is 8.00. The lowest BCUT2D eigenvalue weighted by atomic mass is 10.1. The lowest BCUT2D eigenvalue weighted by molar-refractivity contribution is -0.128. The molecule has 0 N–H and O–H groups in total. The second kappa shape index (κ2) is 9.55. The Balaban J connectivity index is 1.53. The molecule has 0 fully saturated rings. The van der Waals surface area contributed by atoms with Crippen LogP contribution in [0.2, 0.25) is 0 Å². The predicted octanol–water partition coefficient (Wildman–Crippen LogP) is 5.44. The third-order valence-electron chi connectivity index (χ3n) is 4.98. The first-order valence-corrected chi connectivity index (χ1v) is 11.0. The average molecular weight is 414 g/mol. The molecular formula is C25H23N3OS. The van der Waals surface area contributed by atoms with E-state index in [-0.39, 0.29) is 5.91 Å². The predicted molar refractivity (Wildman–Crippen MR) is 123 cm³/mol. The van der Waals surface area contributed by atoms with Gasteiger partial charge in [0.2, 0.25) is 5.91 Å². The van der Waals surface area contributed by atoms with Crippen molar-refractivity contribution in [1.29, 1.82) is 0 Å². The maximum atomic E-state index is 12.8. The van der Waals surface area contributed by atoms with Crippen molar-refractivity contribution in [1.82, 2.24) is 15.1 Å². The summed E-state index contributed by atoms with van der Waals surface area (Å²) >= 11 is 1.45. The monoisotopic (exact) mass is 413 g/mol. The number of carbonyl (C=O) groups excluding carboxylic acids is 1. The molecular weight excluding hydrogens is 390 g/mol. The van der Waals surface area contributed by atoms with E-state index < -0.39 is 0 Å². The quantitative estimate of drug-likeness (QED) is 0.379. The van der Waals surface area contributed by atoms with Crippen LogP contribution in [0.5, 0.6) is 0 Å². The average Bonchev–Trinajstić information content (AvgIpc) is 2.82. The van der Waals surface area contributed by atoms with Crippen molar-refractivity contribution in [2.75, 3.05) is 12.3 Å². The summed E-state index contributed by atoms with van der Waals surface area (Å²) in [6.45, 7) is 3.30. The Bertz CT molecular complexity index is 1130.